The number of hydrogen-bond donors (Lipinski definition) is 2. The lowest BCUT2D eigenvalue weighted by Gasteiger charge is -2.32. The van der Waals surface area contributed by atoms with Gasteiger partial charge in [-0.05, 0) is 23.8 Å². The number of carbonyl (C=O) groups excluding carboxylic acids is 1. The number of hydrogen-bond acceptors (Lipinski definition) is 5. The van der Waals surface area contributed by atoms with E-state index in [2.05, 4.69) is 10.2 Å². The number of fused-ring (bicyclic) bond motifs is 1. The first-order chi connectivity index (χ1) is 11.6. The van der Waals surface area contributed by atoms with Crippen molar-refractivity contribution >= 4 is 17.4 Å². The van der Waals surface area contributed by atoms with Crippen LogP contribution < -0.4 is 10.2 Å². The molecule has 2 fully saturated rings. The number of carboxylic acid groups (broad SMARTS) is 1. The van der Waals surface area contributed by atoms with Crippen LogP contribution in [0.3, 0.4) is 0 Å². The van der Waals surface area contributed by atoms with Gasteiger partial charge in [-0.3, -0.25) is 9.69 Å². The Morgan fingerprint density at radius 3 is 2.54 bits per heavy atom. The third-order valence-electron chi connectivity index (χ3n) is 4.81. The number of nitrogens with zero attached hydrogens (tertiary/aromatic N) is 2. The summed E-state index contributed by atoms with van der Waals surface area (Å²) in [6, 6.07) is 2.67. The van der Waals surface area contributed by atoms with Crippen LogP contribution in [0.2, 0.25) is 0 Å². The van der Waals surface area contributed by atoms with Gasteiger partial charge >= 0.3 is 5.97 Å². The molecule has 1 aromatic carbocycles. The van der Waals surface area contributed by atoms with Crippen LogP contribution in [0.5, 0.6) is 0 Å². The van der Waals surface area contributed by atoms with Crippen LogP contribution in [-0.4, -0.2) is 61.0 Å². The van der Waals surface area contributed by atoms with Crippen LogP contribution in [0, 0.1) is 5.82 Å². The molecule has 0 aromatic heterocycles. The second-order valence-corrected chi connectivity index (χ2v) is 6.32. The number of anilines is 1. The van der Waals surface area contributed by atoms with Crippen LogP contribution in [0.4, 0.5) is 10.1 Å². The highest BCUT2D eigenvalue weighted by Crippen LogP contribution is 2.39. The lowest BCUT2D eigenvalue weighted by atomic mass is 9.86. The van der Waals surface area contributed by atoms with Gasteiger partial charge in [-0.1, -0.05) is 0 Å². The number of Topliss-reactive ketones (excluding diaryl/α,β-unsaturated/α-hetero) is 1. The zero-order valence-electron chi connectivity index (χ0n) is 13.1. The van der Waals surface area contributed by atoms with Crippen molar-refractivity contribution in [2.75, 3.05) is 44.2 Å². The lowest BCUT2D eigenvalue weighted by molar-refractivity contribution is -0.132. The molecule has 0 saturated carbocycles. The molecule has 2 saturated heterocycles. The van der Waals surface area contributed by atoms with Gasteiger partial charge in [-0.2, -0.15) is 0 Å². The maximum absolute atomic E-state index is 14.6. The summed E-state index contributed by atoms with van der Waals surface area (Å²) in [5, 5.41) is 12.5. The van der Waals surface area contributed by atoms with Gasteiger partial charge < -0.3 is 15.3 Å². The van der Waals surface area contributed by atoms with Gasteiger partial charge in [0.05, 0.1) is 11.7 Å². The molecule has 2 N–H and O–H groups in total. The quantitative estimate of drug-likeness (QED) is 0.631. The van der Waals surface area contributed by atoms with Crippen LogP contribution in [-0.2, 0) is 4.79 Å². The fourth-order valence-corrected chi connectivity index (χ4v) is 3.44. The monoisotopic (exact) mass is 331 g/mol. The van der Waals surface area contributed by atoms with Crippen molar-refractivity contribution in [3.8, 4) is 0 Å². The Balaban J connectivity index is 1.80. The first-order valence-corrected chi connectivity index (χ1v) is 8.09. The Morgan fingerprint density at radius 1 is 1.21 bits per heavy atom. The van der Waals surface area contributed by atoms with Gasteiger partial charge in [0.15, 0.2) is 0 Å². The zero-order valence-corrected chi connectivity index (χ0v) is 13.1. The van der Waals surface area contributed by atoms with Crippen LogP contribution in [0.15, 0.2) is 23.8 Å². The molecule has 0 bridgehead atoms. The largest absolute Gasteiger partial charge is 0.478 e. The van der Waals surface area contributed by atoms with Crippen LogP contribution in [0.25, 0.3) is 0 Å². The molecule has 1 atom stereocenters. The van der Waals surface area contributed by atoms with Gasteiger partial charge in [0.1, 0.15) is 11.4 Å². The van der Waals surface area contributed by atoms with Crippen molar-refractivity contribution in [3.05, 3.63) is 40.7 Å². The van der Waals surface area contributed by atoms with Gasteiger partial charge in [-0.15, -0.1) is 0 Å². The predicted molar refractivity (Wildman–Crippen MR) is 85.8 cm³/mol. The Kier molecular flexibility index (Phi) is 3.62. The summed E-state index contributed by atoms with van der Waals surface area (Å²) in [7, 11) is 0. The molecule has 1 unspecified atom stereocenters. The topological polar surface area (TPSA) is 72.7 Å². The van der Waals surface area contributed by atoms with E-state index in [1.165, 1.54) is 12.1 Å². The van der Waals surface area contributed by atoms with E-state index in [0.29, 0.717) is 24.3 Å². The number of nitrogens with one attached hydrogen (secondary N) is 1. The van der Waals surface area contributed by atoms with E-state index in [1.807, 2.05) is 4.90 Å². The minimum absolute atomic E-state index is 0.170. The van der Waals surface area contributed by atoms with E-state index >= 15 is 0 Å². The summed E-state index contributed by atoms with van der Waals surface area (Å²) in [5.74, 6) is -2.34. The molecular weight excluding hydrogens is 313 g/mol. The molecule has 7 heteroatoms. The molecule has 24 heavy (non-hydrogen) atoms. The minimum Gasteiger partial charge on any atom is -0.478 e. The summed E-state index contributed by atoms with van der Waals surface area (Å²) in [4.78, 5) is 27.8. The zero-order chi connectivity index (χ0) is 16.8. The molecule has 1 aromatic rings. The van der Waals surface area contributed by atoms with Gasteiger partial charge in [0.2, 0.25) is 5.78 Å². The number of ketones is 1. The molecule has 6 nitrogen and oxygen atoms in total. The SMILES string of the molecule is O=C(O)C1=CC(N2CC2)c2cc(N3CCNCC3)c(F)cc2C1=O. The van der Waals surface area contributed by atoms with Gasteiger partial charge in [0.25, 0.3) is 0 Å². The summed E-state index contributed by atoms with van der Waals surface area (Å²) >= 11 is 0. The number of benzene rings is 1. The fraction of sp³-hybridized carbons (Fsp3) is 0.412. The maximum atomic E-state index is 14.6. The van der Waals surface area contributed by atoms with Gasteiger partial charge in [0, 0.05) is 44.8 Å². The smallest absolute Gasteiger partial charge is 0.339 e. The Morgan fingerprint density at radius 2 is 1.92 bits per heavy atom. The molecule has 0 amide bonds. The number of aliphatic carboxylic acids is 1. The highest BCUT2D eigenvalue weighted by Gasteiger charge is 2.38. The highest BCUT2D eigenvalue weighted by atomic mass is 19.1. The predicted octanol–water partition coefficient (Wildman–Crippen LogP) is 0.799. The van der Waals surface area contributed by atoms with Crippen LogP contribution in [0.1, 0.15) is 22.0 Å². The lowest BCUT2D eigenvalue weighted by Crippen LogP contribution is -2.44. The molecule has 0 spiro atoms. The molecule has 126 valence electrons. The van der Waals surface area contributed by atoms with E-state index in [4.69, 9.17) is 0 Å². The summed E-state index contributed by atoms with van der Waals surface area (Å²) < 4.78 is 14.6. The number of piperazine rings is 1. The van der Waals surface area contributed by atoms with Crippen molar-refractivity contribution in [2.24, 2.45) is 0 Å². The van der Waals surface area contributed by atoms with E-state index in [0.717, 1.165) is 26.2 Å². The molecule has 4 rings (SSSR count). The standard InChI is InChI=1S/C17H18FN3O3/c18-13-7-11-10(8-15(13)20-3-1-19-2-4-20)14(21-5-6-21)9-12(16(11)22)17(23)24/h7-9,14,19H,1-6H2,(H,23,24). The first kappa shape index (κ1) is 15.3. The second-order valence-electron chi connectivity index (χ2n) is 6.32. The maximum Gasteiger partial charge on any atom is 0.339 e. The molecular formula is C17H18FN3O3. The number of rotatable bonds is 3. The first-order valence-electron chi connectivity index (χ1n) is 8.09. The minimum atomic E-state index is -1.26. The van der Waals surface area contributed by atoms with Crippen molar-refractivity contribution in [1.29, 1.82) is 0 Å². The third kappa shape index (κ3) is 2.50. The molecule has 3 aliphatic rings. The molecule has 2 aliphatic heterocycles. The summed E-state index contributed by atoms with van der Waals surface area (Å²) in [6.45, 7) is 4.68. The van der Waals surface area contributed by atoms with Crippen molar-refractivity contribution < 1.29 is 19.1 Å². The average molecular weight is 331 g/mol. The van der Waals surface area contributed by atoms with E-state index in [9.17, 15) is 19.1 Å². The highest BCUT2D eigenvalue weighted by molar-refractivity contribution is 6.25. The Bertz CT molecular complexity index is 752. The van der Waals surface area contributed by atoms with E-state index in [1.54, 1.807) is 6.07 Å². The van der Waals surface area contributed by atoms with Crippen molar-refractivity contribution in [3.63, 3.8) is 0 Å². The third-order valence-corrected chi connectivity index (χ3v) is 4.81. The van der Waals surface area contributed by atoms with Crippen molar-refractivity contribution in [2.45, 2.75) is 6.04 Å². The van der Waals surface area contributed by atoms with E-state index in [-0.39, 0.29) is 17.2 Å². The Labute approximate surface area is 138 Å². The normalized spacial score (nSPS) is 23.7. The molecule has 2 heterocycles. The van der Waals surface area contributed by atoms with Gasteiger partial charge in [-0.25, -0.2) is 9.18 Å². The molecule has 1 aliphatic carbocycles. The average Bonchev–Trinajstić information content (AvgIpc) is 3.40. The number of carbonyl (C=O) groups is 2. The van der Waals surface area contributed by atoms with Crippen molar-refractivity contribution in [1.82, 2.24) is 10.2 Å². The van der Waals surface area contributed by atoms with Crippen LogP contribution >= 0.6 is 0 Å². The van der Waals surface area contributed by atoms with E-state index < -0.39 is 17.6 Å². The second kappa shape index (κ2) is 5.68. The summed E-state index contributed by atoms with van der Waals surface area (Å²) in [6.07, 6.45) is 1.50. The number of halogens is 1. The number of carboxylic acids is 1. The Hall–Kier alpha value is -2.25. The molecule has 0 radical (unpaired) electrons. The fourth-order valence-electron chi connectivity index (χ4n) is 3.44. The summed E-state index contributed by atoms with van der Waals surface area (Å²) in [5.41, 5.74) is 1.09.